The number of esters is 1. The van der Waals surface area contributed by atoms with Crippen LogP contribution in [0.4, 0.5) is 5.69 Å². The highest BCUT2D eigenvalue weighted by Gasteiger charge is 2.34. The Morgan fingerprint density at radius 1 is 1.16 bits per heavy atom. The van der Waals surface area contributed by atoms with Crippen LogP contribution in [0.3, 0.4) is 0 Å². The third kappa shape index (κ3) is 3.95. The quantitative estimate of drug-likeness (QED) is 0.228. The number of amides is 2. The number of nitrogens with zero attached hydrogens (tertiary/aromatic N) is 5. The predicted octanol–water partition coefficient (Wildman–Crippen LogP) is 2.33. The van der Waals surface area contributed by atoms with Crippen molar-refractivity contribution in [1.29, 1.82) is 0 Å². The molecule has 0 atom stereocenters. The molecule has 0 fully saturated rings. The monoisotopic (exact) mass is 453 g/mol. The van der Waals surface area contributed by atoms with Gasteiger partial charge >= 0.3 is 5.97 Å². The van der Waals surface area contributed by atoms with Gasteiger partial charge in [-0.1, -0.05) is 12.1 Å². The third-order valence-corrected chi connectivity index (χ3v) is 5.81. The van der Waals surface area contributed by atoms with E-state index in [0.717, 1.165) is 22.7 Å². The van der Waals surface area contributed by atoms with E-state index < -0.39 is 22.7 Å². The number of aryl methyl sites for hydroxylation is 1. The summed E-state index contributed by atoms with van der Waals surface area (Å²) in [5.41, 5.74) is 0.292. The molecule has 1 aliphatic rings. The molecule has 0 radical (unpaired) electrons. The summed E-state index contributed by atoms with van der Waals surface area (Å²) < 4.78 is 6.75. The molecule has 1 aliphatic heterocycles. The van der Waals surface area contributed by atoms with Gasteiger partial charge in [-0.05, 0) is 36.0 Å². The molecule has 2 amide bonds. The number of fused-ring (bicyclic) bond motifs is 1. The second-order valence-electron chi connectivity index (χ2n) is 6.71. The van der Waals surface area contributed by atoms with E-state index in [2.05, 4.69) is 10.2 Å². The molecule has 12 heteroatoms. The van der Waals surface area contributed by atoms with Crippen LogP contribution in [0.1, 0.15) is 31.1 Å². The maximum absolute atomic E-state index is 12.4. The second-order valence-corrected chi connectivity index (χ2v) is 7.72. The standard InChI is InChI=1S/C20H15N5O6S/c1-23-11-21-22-20(23)32-16-7-6-12(10-15(16)25(29)30)19(28)31-9-8-24-17(26)13-4-2-3-5-14(13)18(24)27/h2-7,10-11H,8-9H2,1H3. The molecule has 3 aromatic rings. The van der Waals surface area contributed by atoms with Crippen LogP contribution in [0.15, 0.2) is 58.8 Å². The van der Waals surface area contributed by atoms with Crippen molar-refractivity contribution in [2.45, 2.75) is 10.1 Å². The van der Waals surface area contributed by atoms with Gasteiger partial charge in [0.05, 0.1) is 33.1 Å². The Hall–Kier alpha value is -4.06. The van der Waals surface area contributed by atoms with E-state index in [9.17, 15) is 24.5 Å². The molecule has 2 aromatic carbocycles. The van der Waals surface area contributed by atoms with Crippen molar-refractivity contribution in [2.24, 2.45) is 7.05 Å². The molecule has 0 aliphatic carbocycles. The van der Waals surface area contributed by atoms with Gasteiger partial charge in [-0.2, -0.15) is 0 Å². The van der Waals surface area contributed by atoms with E-state index in [1.54, 1.807) is 35.9 Å². The van der Waals surface area contributed by atoms with E-state index in [-0.39, 0.29) is 29.3 Å². The molecule has 0 saturated heterocycles. The van der Waals surface area contributed by atoms with Crippen molar-refractivity contribution >= 4 is 35.2 Å². The lowest BCUT2D eigenvalue weighted by Crippen LogP contribution is -2.33. The molecular weight excluding hydrogens is 438 g/mol. The molecule has 0 unspecified atom stereocenters. The fourth-order valence-electron chi connectivity index (χ4n) is 3.09. The van der Waals surface area contributed by atoms with Gasteiger partial charge in [0.2, 0.25) is 0 Å². The minimum absolute atomic E-state index is 0.0265. The number of benzene rings is 2. The average molecular weight is 453 g/mol. The molecular formula is C20H15N5O6S. The van der Waals surface area contributed by atoms with Crippen molar-refractivity contribution in [3.05, 3.63) is 75.6 Å². The maximum Gasteiger partial charge on any atom is 0.338 e. The summed E-state index contributed by atoms with van der Waals surface area (Å²) in [6.07, 6.45) is 1.47. The molecule has 162 valence electrons. The van der Waals surface area contributed by atoms with Gasteiger partial charge in [-0.15, -0.1) is 10.2 Å². The Bertz CT molecular complexity index is 1220. The number of nitro benzene ring substituents is 1. The number of imide groups is 1. The smallest absolute Gasteiger partial charge is 0.338 e. The maximum atomic E-state index is 12.4. The van der Waals surface area contributed by atoms with Crippen LogP contribution in [0.25, 0.3) is 0 Å². The van der Waals surface area contributed by atoms with E-state index in [0.29, 0.717) is 16.3 Å². The molecule has 11 nitrogen and oxygen atoms in total. The number of nitro groups is 1. The molecule has 0 saturated carbocycles. The number of rotatable bonds is 7. The van der Waals surface area contributed by atoms with Crippen LogP contribution >= 0.6 is 11.8 Å². The van der Waals surface area contributed by atoms with Crippen molar-refractivity contribution in [1.82, 2.24) is 19.7 Å². The summed E-state index contributed by atoms with van der Waals surface area (Å²) in [5, 5.41) is 19.5. The van der Waals surface area contributed by atoms with Gasteiger partial charge in [0, 0.05) is 13.1 Å². The van der Waals surface area contributed by atoms with E-state index >= 15 is 0 Å². The fraction of sp³-hybridized carbons (Fsp3) is 0.150. The van der Waals surface area contributed by atoms with E-state index in [1.165, 1.54) is 18.5 Å². The molecule has 0 spiro atoms. The molecule has 1 aromatic heterocycles. The molecule has 2 heterocycles. The lowest BCUT2D eigenvalue weighted by Gasteiger charge is -2.13. The van der Waals surface area contributed by atoms with Crippen LogP contribution < -0.4 is 0 Å². The van der Waals surface area contributed by atoms with Crippen LogP contribution in [0.5, 0.6) is 0 Å². The lowest BCUT2D eigenvalue weighted by atomic mass is 10.1. The highest BCUT2D eigenvalue weighted by molar-refractivity contribution is 7.99. The predicted molar refractivity (Wildman–Crippen MR) is 110 cm³/mol. The van der Waals surface area contributed by atoms with Gasteiger partial charge in [-0.3, -0.25) is 24.6 Å². The Labute approximate surface area is 185 Å². The van der Waals surface area contributed by atoms with Crippen LogP contribution in [0, 0.1) is 10.1 Å². The Morgan fingerprint density at radius 3 is 2.44 bits per heavy atom. The van der Waals surface area contributed by atoms with Crippen molar-refractivity contribution in [3.63, 3.8) is 0 Å². The normalized spacial score (nSPS) is 12.7. The Morgan fingerprint density at radius 2 is 1.84 bits per heavy atom. The molecule has 4 rings (SSSR count). The van der Waals surface area contributed by atoms with Crippen molar-refractivity contribution in [3.8, 4) is 0 Å². The fourth-order valence-corrected chi connectivity index (χ4v) is 3.94. The number of hydrogen-bond acceptors (Lipinski definition) is 9. The molecule has 0 N–H and O–H groups in total. The highest BCUT2D eigenvalue weighted by atomic mass is 32.2. The van der Waals surface area contributed by atoms with Gasteiger partial charge in [0.15, 0.2) is 5.16 Å². The number of carbonyl (C=O) groups is 3. The first-order chi connectivity index (χ1) is 15.4. The zero-order valence-electron chi connectivity index (χ0n) is 16.6. The van der Waals surface area contributed by atoms with Crippen LogP contribution in [-0.4, -0.2) is 55.5 Å². The van der Waals surface area contributed by atoms with Gasteiger partial charge < -0.3 is 9.30 Å². The second kappa shape index (κ2) is 8.59. The third-order valence-electron chi connectivity index (χ3n) is 4.69. The lowest BCUT2D eigenvalue weighted by molar-refractivity contribution is -0.387. The van der Waals surface area contributed by atoms with Gasteiger partial charge in [0.25, 0.3) is 17.5 Å². The molecule has 0 bridgehead atoms. The first-order valence-electron chi connectivity index (χ1n) is 9.29. The first kappa shape index (κ1) is 21.2. The Kier molecular flexibility index (Phi) is 5.69. The van der Waals surface area contributed by atoms with Crippen LogP contribution in [-0.2, 0) is 11.8 Å². The van der Waals surface area contributed by atoms with Gasteiger partial charge in [0.1, 0.15) is 12.9 Å². The minimum Gasteiger partial charge on any atom is -0.460 e. The largest absolute Gasteiger partial charge is 0.460 e. The summed E-state index contributed by atoms with van der Waals surface area (Å²) in [6.45, 7) is -0.367. The summed E-state index contributed by atoms with van der Waals surface area (Å²) in [6, 6.07) is 10.4. The van der Waals surface area contributed by atoms with Crippen LogP contribution in [0.2, 0.25) is 0 Å². The zero-order valence-corrected chi connectivity index (χ0v) is 17.4. The minimum atomic E-state index is -0.806. The highest BCUT2D eigenvalue weighted by Crippen LogP contribution is 2.34. The number of hydrogen-bond donors (Lipinski definition) is 0. The number of ether oxygens (including phenoxy) is 1. The summed E-state index contributed by atoms with van der Waals surface area (Å²) in [7, 11) is 1.70. The Balaban J connectivity index is 1.42. The average Bonchev–Trinajstić information content (AvgIpc) is 3.29. The van der Waals surface area contributed by atoms with Gasteiger partial charge in [-0.25, -0.2) is 4.79 Å². The van der Waals surface area contributed by atoms with Crippen molar-refractivity contribution in [2.75, 3.05) is 13.2 Å². The van der Waals surface area contributed by atoms with E-state index in [4.69, 9.17) is 4.74 Å². The number of carbonyl (C=O) groups excluding carboxylic acids is 3. The first-order valence-corrected chi connectivity index (χ1v) is 10.1. The van der Waals surface area contributed by atoms with Crippen molar-refractivity contribution < 1.29 is 24.0 Å². The van der Waals surface area contributed by atoms with E-state index in [1.807, 2.05) is 0 Å². The SMILES string of the molecule is Cn1cnnc1Sc1ccc(C(=O)OCCN2C(=O)c3ccccc3C2=O)cc1[N+](=O)[O-]. The summed E-state index contributed by atoms with van der Waals surface area (Å²) in [5.74, 6) is -1.72. The topological polar surface area (TPSA) is 138 Å². The number of aromatic nitrogens is 3. The zero-order chi connectivity index (χ0) is 22.8. The summed E-state index contributed by atoms with van der Waals surface area (Å²) in [4.78, 5) is 49.2. The summed E-state index contributed by atoms with van der Waals surface area (Å²) >= 11 is 1.04. The molecule has 32 heavy (non-hydrogen) atoms.